The quantitative estimate of drug-likeness (QED) is 0.728. The van der Waals surface area contributed by atoms with Gasteiger partial charge in [-0.2, -0.15) is 0 Å². The summed E-state index contributed by atoms with van der Waals surface area (Å²) in [6, 6.07) is 0. The van der Waals surface area contributed by atoms with E-state index in [4.69, 9.17) is 0 Å². The molecule has 0 atom stereocenters. The Hall–Kier alpha value is -0.0800. The van der Waals surface area contributed by atoms with Crippen LogP contribution >= 0.6 is 0 Å². The average molecular weight is 307 g/mol. The van der Waals surface area contributed by atoms with E-state index in [-0.39, 0.29) is 0 Å². The summed E-state index contributed by atoms with van der Waals surface area (Å²) >= 11 is 0. The van der Waals surface area contributed by atoms with E-state index in [1.165, 1.54) is 71.4 Å². The lowest BCUT2D eigenvalue weighted by molar-refractivity contribution is -0.0527. The predicted molar refractivity (Wildman–Crippen MR) is 95.1 cm³/mol. The Labute approximate surface area is 138 Å². The minimum Gasteiger partial charge on any atom is -0.303 e. The van der Waals surface area contributed by atoms with Gasteiger partial charge < -0.3 is 9.80 Å². The molecule has 2 nitrogen and oxygen atoms in total. The summed E-state index contributed by atoms with van der Waals surface area (Å²) in [7, 11) is 0. The molecule has 2 heteroatoms. The lowest BCUT2D eigenvalue weighted by Crippen LogP contribution is -2.60. The Morgan fingerprint density at radius 1 is 0.955 bits per heavy atom. The summed E-state index contributed by atoms with van der Waals surface area (Å²) in [4.78, 5) is 5.44. The largest absolute Gasteiger partial charge is 0.303 e. The van der Waals surface area contributed by atoms with E-state index >= 15 is 0 Å². The molecule has 0 N–H and O–H groups in total. The highest BCUT2D eigenvalue weighted by Gasteiger charge is 2.44. The zero-order chi connectivity index (χ0) is 15.7. The lowest BCUT2D eigenvalue weighted by Gasteiger charge is -2.55. The van der Waals surface area contributed by atoms with E-state index in [1.54, 1.807) is 0 Å². The van der Waals surface area contributed by atoms with E-state index < -0.39 is 0 Å². The first-order valence-electron chi connectivity index (χ1n) is 9.90. The topological polar surface area (TPSA) is 6.48 Å². The number of nitrogens with zero attached hydrogens (tertiary/aromatic N) is 2. The van der Waals surface area contributed by atoms with Gasteiger partial charge in [0.25, 0.3) is 0 Å². The Morgan fingerprint density at radius 3 is 2.14 bits per heavy atom. The average Bonchev–Trinajstić information content (AvgIpc) is 2.35. The van der Waals surface area contributed by atoms with Gasteiger partial charge in [0.15, 0.2) is 0 Å². The Bertz CT molecular complexity index is 341. The maximum Gasteiger partial charge on any atom is 0.00514 e. The smallest absolute Gasteiger partial charge is 0.00514 e. The molecule has 1 aliphatic carbocycles. The number of hydrogen-bond donors (Lipinski definition) is 0. The number of hydrogen-bond acceptors (Lipinski definition) is 2. The summed E-state index contributed by atoms with van der Waals surface area (Å²) in [5.41, 5.74) is 0.716. The first-order valence-corrected chi connectivity index (χ1v) is 9.90. The van der Waals surface area contributed by atoms with E-state index in [0.29, 0.717) is 5.41 Å². The Kier molecular flexibility index (Phi) is 5.19. The van der Waals surface area contributed by atoms with Crippen LogP contribution in [0.2, 0.25) is 0 Å². The molecular formula is C20H38N2. The molecule has 1 saturated carbocycles. The van der Waals surface area contributed by atoms with Crippen LogP contribution in [0.1, 0.15) is 59.8 Å². The second kappa shape index (κ2) is 6.81. The zero-order valence-electron chi connectivity index (χ0n) is 15.5. The highest BCUT2D eigenvalue weighted by molar-refractivity contribution is 4.98. The first kappa shape index (κ1) is 16.8. The molecule has 1 spiro atoms. The highest BCUT2D eigenvalue weighted by Crippen LogP contribution is 2.43. The van der Waals surface area contributed by atoms with E-state index in [1.807, 2.05) is 0 Å². The van der Waals surface area contributed by atoms with Gasteiger partial charge in [0, 0.05) is 19.6 Å². The van der Waals surface area contributed by atoms with Crippen molar-refractivity contribution in [3.05, 3.63) is 0 Å². The van der Waals surface area contributed by atoms with Crippen molar-refractivity contribution < 1.29 is 0 Å². The van der Waals surface area contributed by atoms with Gasteiger partial charge in [0.05, 0.1) is 0 Å². The van der Waals surface area contributed by atoms with Crippen molar-refractivity contribution >= 4 is 0 Å². The maximum atomic E-state index is 2.75. The summed E-state index contributed by atoms with van der Waals surface area (Å²) < 4.78 is 0. The molecule has 128 valence electrons. The van der Waals surface area contributed by atoms with Gasteiger partial charge in [-0.3, -0.25) is 0 Å². The second-order valence-corrected chi connectivity index (χ2v) is 9.54. The zero-order valence-corrected chi connectivity index (χ0v) is 15.5. The molecule has 3 aliphatic rings. The summed E-state index contributed by atoms with van der Waals surface area (Å²) in [6.07, 6.45) is 7.41. The van der Waals surface area contributed by atoms with Gasteiger partial charge in [-0.25, -0.2) is 0 Å². The molecule has 22 heavy (non-hydrogen) atoms. The minimum absolute atomic E-state index is 0.716. The van der Waals surface area contributed by atoms with Gasteiger partial charge in [-0.05, 0) is 80.8 Å². The lowest BCUT2D eigenvalue weighted by atomic mass is 9.67. The molecule has 0 aromatic heterocycles. The Morgan fingerprint density at radius 2 is 1.59 bits per heavy atom. The van der Waals surface area contributed by atoms with Crippen molar-refractivity contribution in [2.24, 2.45) is 29.1 Å². The van der Waals surface area contributed by atoms with Crippen LogP contribution in [0.5, 0.6) is 0 Å². The van der Waals surface area contributed by atoms with Gasteiger partial charge >= 0.3 is 0 Å². The van der Waals surface area contributed by atoms with E-state index in [9.17, 15) is 0 Å². The van der Waals surface area contributed by atoms with Gasteiger partial charge in [-0.1, -0.05) is 27.7 Å². The molecule has 0 amide bonds. The van der Waals surface area contributed by atoms with Crippen molar-refractivity contribution in [3.8, 4) is 0 Å². The van der Waals surface area contributed by atoms with Crippen LogP contribution in [0.25, 0.3) is 0 Å². The molecule has 0 radical (unpaired) electrons. The molecular weight excluding hydrogens is 268 g/mol. The SMILES string of the molecule is CC(C)CN1CCC2(CC1)CN(CCC1CC(C(C)C)C1)C2. The second-order valence-electron chi connectivity index (χ2n) is 9.54. The molecule has 0 aromatic rings. The molecule has 2 aliphatic heterocycles. The Balaban J connectivity index is 1.29. The fourth-order valence-corrected chi connectivity index (χ4v) is 5.04. The van der Waals surface area contributed by atoms with Crippen LogP contribution in [0, 0.1) is 29.1 Å². The summed E-state index contributed by atoms with van der Waals surface area (Å²) in [6.45, 7) is 17.7. The first-order chi connectivity index (χ1) is 10.5. The van der Waals surface area contributed by atoms with Crippen molar-refractivity contribution in [3.63, 3.8) is 0 Å². The monoisotopic (exact) mass is 306 g/mol. The molecule has 0 unspecified atom stereocenters. The fraction of sp³-hybridized carbons (Fsp3) is 1.00. The van der Waals surface area contributed by atoms with Crippen LogP contribution in [-0.4, -0.2) is 49.1 Å². The van der Waals surface area contributed by atoms with Crippen LogP contribution < -0.4 is 0 Å². The van der Waals surface area contributed by atoms with Crippen molar-refractivity contribution in [2.45, 2.75) is 59.8 Å². The van der Waals surface area contributed by atoms with Crippen molar-refractivity contribution in [1.29, 1.82) is 0 Å². The van der Waals surface area contributed by atoms with Crippen LogP contribution in [0.15, 0.2) is 0 Å². The van der Waals surface area contributed by atoms with Gasteiger partial charge in [0.2, 0.25) is 0 Å². The van der Waals surface area contributed by atoms with Crippen LogP contribution in [0.4, 0.5) is 0 Å². The van der Waals surface area contributed by atoms with Crippen molar-refractivity contribution in [1.82, 2.24) is 9.80 Å². The van der Waals surface area contributed by atoms with E-state index in [2.05, 4.69) is 37.5 Å². The summed E-state index contributed by atoms with van der Waals surface area (Å²) in [5, 5.41) is 0. The van der Waals surface area contributed by atoms with Gasteiger partial charge in [0.1, 0.15) is 0 Å². The minimum atomic E-state index is 0.716. The highest BCUT2D eigenvalue weighted by atomic mass is 15.2. The third kappa shape index (κ3) is 3.87. The van der Waals surface area contributed by atoms with E-state index in [0.717, 1.165) is 23.7 Å². The predicted octanol–water partition coefficient (Wildman–Crippen LogP) is 4.11. The van der Waals surface area contributed by atoms with Crippen LogP contribution in [0.3, 0.4) is 0 Å². The van der Waals surface area contributed by atoms with Crippen molar-refractivity contribution in [2.75, 3.05) is 39.3 Å². The number of rotatable bonds is 6. The molecule has 2 saturated heterocycles. The number of piperidine rings is 1. The standard InChI is InChI=1S/C20H38N2/c1-16(2)13-21-9-6-20(7-10-21)14-22(15-20)8-5-18-11-19(12-18)17(3)4/h16-19H,5-15H2,1-4H3. The fourth-order valence-electron chi connectivity index (χ4n) is 5.04. The van der Waals surface area contributed by atoms with Gasteiger partial charge in [-0.15, -0.1) is 0 Å². The molecule has 2 heterocycles. The normalized spacial score (nSPS) is 32.5. The molecule has 0 aromatic carbocycles. The maximum absolute atomic E-state index is 2.75. The number of likely N-dealkylation sites (tertiary alicyclic amines) is 2. The molecule has 3 fully saturated rings. The summed E-state index contributed by atoms with van der Waals surface area (Å²) in [5.74, 6) is 3.83. The third-order valence-electron chi connectivity index (χ3n) is 6.73. The van der Waals surface area contributed by atoms with Crippen LogP contribution in [-0.2, 0) is 0 Å². The molecule has 0 bridgehead atoms. The third-order valence-corrected chi connectivity index (χ3v) is 6.73. The molecule has 3 rings (SSSR count).